The fourth-order valence-corrected chi connectivity index (χ4v) is 2.58. The normalized spacial score (nSPS) is 10.2. The molecule has 1 aromatic heterocycles. The van der Waals surface area contributed by atoms with Crippen molar-refractivity contribution < 1.29 is 14.3 Å². The van der Waals surface area contributed by atoms with Gasteiger partial charge in [0.25, 0.3) is 5.91 Å². The molecule has 0 aliphatic heterocycles. The predicted molar refractivity (Wildman–Crippen MR) is 106 cm³/mol. The molecule has 1 heterocycles. The lowest BCUT2D eigenvalue weighted by Gasteiger charge is -2.09. The van der Waals surface area contributed by atoms with Crippen molar-refractivity contribution in [3.05, 3.63) is 83.8 Å². The first-order valence-electron chi connectivity index (χ1n) is 8.76. The third-order valence-corrected chi connectivity index (χ3v) is 4.03. The molecule has 0 spiro atoms. The number of ether oxygens (including phenoxy) is 1. The fourth-order valence-electron chi connectivity index (χ4n) is 2.58. The van der Waals surface area contributed by atoms with Gasteiger partial charge in [-0.25, -0.2) is 14.8 Å². The maximum Gasteiger partial charge on any atom is 0.339 e. The van der Waals surface area contributed by atoms with Gasteiger partial charge >= 0.3 is 5.97 Å². The van der Waals surface area contributed by atoms with Crippen LogP contribution in [-0.4, -0.2) is 35.5 Å². The molecular formula is C21H20N4O3. The molecule has 0 fully saturated rings. The minimum Gasteiger partial charge on any atom is -0.465 e. The number of aromatic nitrogens is 2. The molecule has 3 aromatic rings. The lowest BCUT2D eigenvalue weighted by Crippen LogP contribution is -2.17. The summed E-state index contributed by atoms with van der Waals surface area (Å²) in [6.45, 7) is 0.705. The first-order valence-corrected chi connectivity index (χ1v) is 8.76. The standard InChI is InChI=1S/C21H20N4O3/c1-28-21(27)16-9-5-6-10-17(16)25-20(26)18-13-24-19(14-23-18)22-12-11-15-7-3-2-4-8-15/h2-10,13-14H,11-12H2,1H3,(H,22,24)(H,25,26). The zero-order chi connectivity index (χ0) is 19.8. The first-order chi connectivity index (χ1) is 13.7. The molecule has 0 saturated carbocycles. The van der Waals surface area contributed by atoms with Gasteiger partial charge in [-0.15, -0.1) is 0 Å². The SMILES string of the molecule is COC(=O)c1ccccc1NC(=O)c1cnc(NCCc2ccccc2)cn1. The van der Waals surface area contributed by atoms with Crippen molar-refractivity contribution in [1.82, 2.24) is 9.97 Å². The monoisotopic (exact) mass is 376 g/mol. The van der Waals surface area contributed by atoms with E-state index in [0.717, 1.165) is 6.42 Å². The maximum absolute atomic E-state index is 12.4. The Bertz CT molecular complexity index is 943. The van der Waals surface area contributed by atoms with E-state index in [1.54, 1.807) is 24.3 Å². The summed E-state index contributed by atoms with van der Waals surface area (Å²) >= 11 is 0. The molecule has 7 heteroatoms. The minimum absolute atomic E-state index is 0.147. The topological polar surface area (TPSA) is 93.2 Å². The highest BCUT2D eigenvalue weighted by atomic mass is 16.5. The Hall–Kier alpha value is -3.74. The Kier molecular flexibility index (Phi) is 6.30. The van der Waals surface area contributed by atoms with Crippen molar-refractivity contribution in [1.29, 1.82) is 0 Å². The van der Waals surface area contributed by atoms with E-state index in [4.69, 9.17) is 4.74 Å². The van der Waals surface area contributed by atoms with Gasteiger partial charge in [0, 0.05) is 6.54 Å². The highest BCUT2D eigenvalue weighted by Crippen LogP contribution is 2.17. The Morgan fingerprint density at radius 1 is 0.964 bits per heavy atom. The van der Waals surface area contributed by atoms with Crippen LogP contribution in [0.5, 0.6) is 0 Å². The molecule has 1 amide bonds. The number of anilines is 2. The number of amides is 1. The van der Waals surface area contributed by atoms with E-state index in [1.807, 2.05) is 18.2 Å². The molecule has 0 saturated heterocycles. The largest absolute Gasteiger partial charge is 0.465 e. The van der Waals surface area contributed by atoms with E-state index in [2.05, 4.69) is 32.7 Å². The van der Waals surface area contributed by atoms with Crippen molar-refractivity contribution in [2.24, 2.45) is 0 Å². The van der Waals surface area contributed by atoms with E-state index < -0.39 is 11.9 Å². The number of para-hydroxylation sites is 1. The van der Waals surface area contributed by atoms with Crippen LogP contribution in [0.2, 0.25) is 0 Å². The zero-order valence-electron chi connectivity index (χ0n) is 15.4. The minimum atomic E-state index is -0.528. The van der Waals surface area contributed by atoms with Gasteiger partial charge in [0.1, 0.15) is 11.5 Å². The molecule has 2 aromatic carbocycles. The van der Waals surface area contributed by atoms with Crippen molar-refractivity contribution >= 4 is 23.4 Å². The number of esters is 1. The predicted octanol–water partition coefficient (Wildman–Crippen LogP) is 3.17. The summed E-state index contributed by atoms with van der Waals surface area (Å²) in [6.07, 6.45) is 3.75. The number of hydrogen-bond donors (Lipinski definition) is 2. The van der Waals surface area contributed by atoms with E-state index >= 15 is 0 Å². The summed E-state index contributed by atoms with van der Waals surface area (Å²) in [5.74, 6) is -0.401. The number of methoxy groups -OCH3 is 1. The molecule has 0 bridgehead atoms. The lowest BCUT2D eigenvalue weighted by molar-refractivity contribution is 0.0602. The molecule has 0 atom stereocenters. The number of rotatable bonds is 7. The van der Waals surface area contributed by atoms with E-state index in [9.17, 15) is 9.59 Å². The Morgan fingerprint density at radius 2 is 1.71 bits per heavy atom. The molecule has 3 rings (SSSR count). The smallest absolute Gasteiger partial charge is 0.339 e. The fraction of sp³-hybridized carbons (Fsp3) is 0.143. The van der Waals surface area contributed by atoms with Crippen molar-refractivity contribution in [2.75, 3.05) is 24.3 Å². The zero-order valence-corrected chi connectivity index (χ0v) is 15.4. The number of carbonyl (C=O) groups is 2. The van der Waals surface area contributed by atoms with Crippen LogP contribution in [0.1, 0.15) is 26.4 Å². The van der Waals surface area contributed by atoms with Crippen LogP contribution in [0.3, 0.4) is 0 Å². The number of carbonyl (C=O) groups excluding carboxylic acids is 2. The summed E-state index contributed by atoms with van der Waals surface area (Å²) in [5.41, 5.74) is 1.99. The van der Waals surface area contributed by atoms with Gasteiger partial charge < -0.3 is 15.4 Å². The summed E-state index contributed by atoms with van der Waals surface area (Å²) in [6, 6.07) is 16.7. The van der Waals surface area contributed by atoms with Gasteiger partial charge in [-0.05, 0) is 24.1 Å². The molecule has 0 aliphatic carbocycles. The summed E-state index contributed by atoms with van der Waals surface area (Å²) in [4.78, 5) is 32.6. The quantitative estimate of drug-likeness (QED) is 0.615. The summed E-state index contributed by atoms with van der Waals surface area (Å²) < 4.78 is 4.72. The molecule has 0 unspecified atom stereocenters. The van der Waals surface area contributed by atoms with Crippen LogP contribution in [0.15, 0.2) is 67.0 Å². The highest BCUT2D eigenvalue weighted by molar-refractivity contribution is 6.06. The molecule has 7 nitrogen and oxygen atoms in total. The second kappa shape index (κ2) is 9.27. The molecule has 0 aliphatic rings. The van der Waals surface area contributed by atoms with Crippen molar-refractivity contribution in [3.8, 4) is 0 Å². The number of hydrogen-bond acceptors (Lipinski definition) is 6. The van der Waals surface area contributed by atoms with Crippen LogP contribution in [0.4, 0.5) is 11.5 Å². The highest BCUT2D eigenvalue weighted by Gasteiger charge is 2.15. The second-order valence-corrected chi connectivity index (χ2v) is 5.94. The van der Waals surface area contributed by atoms with E-state index in [1.165, 1.54) is 25.1 Å². The van der Waals surface area contributed by atoms with Crippen LogP contribution in [0.25, 0.3) is 0 Å². The summed E-state index contributed by atoms with van der Waals surface area (Å²) in [5, 5.41) is 5.84. The maximum atomic E-state index is 12.4. The van der Waals surface area contributed by atoms with Gasteiger partial charge in [-0.2, -0.15) is 0 Å². The Morgan fingerprint density at radius 3 is 2.43 bits per heavy atom. The molecule has 28 heavy (non-hydrogen) atoms. The van der Waals surface area contributed by atoms with Gasteiger partial charge in [0.05, 0.1) is 30.8 Å². The number of nitrogens with one attached hydrogen (secondary N) is 2. The third kappa shape index (κ3) is 4.91. The van der Waals surface area contributed by atoms with Crippen molar-refractivity contribution in [3.63, 3.8) is 0 Å². The van der Waals surface area contributed by atoms with E-state index in [0.29, 0.717) is 18.1 Å². The molecule has 142 valence electrons. The molecule has 0 radical (unpaired) electrons. The Labute approximate surface area is 162 Å². The average Bonchev–Trinajstić information content (AvgIpc) is 2.75. The number of nitrogens with zero attached hydrogens (tertiary/aromatic N) is 2. The van der Waals surface area contributed by atoms with Crippen LogP contribution in [-0.2, 0) is 11.2 Å². The lowest BCUT2D eigenvalue weighted by atomic mass is 10.1. The van der Waals surface area contributed by atoms with Crippen LogP contribution < -0.4 is 10.6 Å². The second-order valence-electron chi connectivity index (χ2n) is 5.94. The van der Waals surface area contributed by atoms with Crippen LogP contribution >= 0.6 is 0 Å². The molecule has 2 N–H and O–H groups in total. The number of benzene rings is 2. The van der Waals surface area contributed by atoms with Gasteiger partial charge in [0.15, 0.2) is 0 Å². The van der Waals surface area contributed by atoms with E-state index in [-0.39, 0.29) is 11.3 Å². The van der Waals surface area contributed by atoms with Gasteiger partial charge in [-0.3, -0.25) is 4.79 Å². The Balaban J connectivity index is 1.59. The summed E-state index contributed by atoms with van der Waals surface area (Å²) in [7, 11) is 1.29. The molecular weight excluding hydrogens is 356 g/mol. The van der Waals surface area contributed by atoms with Crippen molar-refractivity contribution in [2.45, 2.75) is 6.42 Å². The van der Waals surface area contributed by atoms with Gasteiger partial charge in [-0.1, -0.05) is 42.5 Å². The van der Waals surface area contributed by atoms with Gasteiger partial charge in [0.2, 0.25) is 0 Å². The van der Waals surface area contributed by atoms with Crippen LogP contribution in [0, 0.1) is 0 Å². The first kappa shape index (κ1) is 19.0. The third-order valence-electron chi connectivity index (χ3n) is 4.03. The average molecular weight is 376 g/mol.